The zero-order valence-electron chi connectivity index (χ0n) is 15.6. The van der Waals surface area contributed by atoms with E-state index in [9.17, 15) is 4.79 Å². The third-order valence-electron chi connectivity index (χ3n) is 3.44. The van der Waals surface area contributed by atoms with Crippen LogP contribution in [0, 0.1) is 5.92 Å². The van der Waals surface area contributed by atoms with Gasteiger partial charge in [0.1, 0.15) is 0 Å². The molecule has 2 aromatic rings. The summed E-state index contributed by atoms with van der Waals surface area (Å²) in [5.41, 5.74) is 1.69. The standard InChI is InChI=1S/C21H26N2O3/c1-4-25-20-13-17(8-10-19(20)26-15-16(2)3)9-11-21(24)23-14-18-7-5-6-12-22-18/h5-13,16H,4,14-15H2,1-3H3,(H,23,24). The van der Waals surface area contributed by atoms with Crippen molar-refractivity contribution < 1.29 is 14.3 Å². The van der Waals surface area contributed by atoms with Crippen LogP contribution in [0.4, 0.5) is 0 Å². The summed E-state index contributed by atoms with van der Waals surface area (Å²) in [4.78, 5) is 16.1. The molecule has 0 aliphatic carbocycles. The quantitative estimate of drug-likeness (QED) is 0.695. The van der Waals surface area contributed by atoms with E-state index in [1.807, 2.05) is 43.3 Å². The highest BCUT2D eigenvalue weighted by Gasteiger charge is 2.07. The number of nitrogens with zero attached hydrogens (tertiary/aromatic N) is 1. The Bertz CT molecular complexity index is 727. The predicted octanol–water partition coefficient (Wildman–Crippen LogP) is 3.84. The van der Waals surface area contributed by atoms with E-state index in [0.717, 1.165) is 17.0 Å². The van der Waals surface area contributed by atoms with Gasteiger partial charge in [0.05, 0.1) is 25.5 Å². The van der Waals surface area contributed by atoms with Crippen molar-refractivity contribution in [3.05, 3.63) is 59.9 Å². The number of ether oxygens (including phenoxy) is 2. The molecule has 1 heterocycles. The average Bonchev–Trinajstić information content (AvgIpc) is 2.65. The van der Waals surface area contributed by atoms with Crippen molar-refractivity contribution in [2.45, 2.75) is 27.3 Å². The average molecular weight is 354 g/mol. The molecule has 26 heavy (non-hydrogen) atoms. The maximum Gasteiger partial charge on any atom is 0.244 e. The zero-order chi connectivity index (χ0) is 18.8. The highest BCUT2D eigenvalue weighted by atomic mass is 16.5. The predicted molar refractivity (Wildman–Crippen MR) is 103 cm³/mol. The van der Waals surface area contributed by atoms with E-state index in [-0.39, 0.29) is 5.91 Å². The highest BCUT2D eigenvalue weighted by molar-refractivity contribution is 5.91. The van der Waals surface area contributed by atoms with Gasteiger partial charge in [-0.15, -0.1) is 0 Å². The minimum absolute atomic E-state index is 0.172. The van der Waals surface area contributed by atoms with Gasteiger partial charge in [-0.2, -0.15) is 0 Å². The van der Waals surface area contributed by atoms with E-state index >= 15 is 0 Å². The van der Waals surface area contributed by atoms with Crippen LogP contribution < -0.4 is 14.8 Å². The van der Waals surface area contributed by atoms with Gasteiger partial charge in [-0.3, -0.25) is 9.78 Å². The van der Waals surface area contributed by atoms with E-state index in [1.165, 1.54) is 6.08 Å². The van der Waals surface area contributed by atoms with Crippen LogP contribution in [0.5, 0.6) is 11.5 Å². The minimum atomic E-state index is -0.172. The maximum atomic E-state index is 12.0. The molecule has 1 amide bonds. The Morgan fingerprint density at radius 1 is 1.19 bits per heavy atom. The number of carbonyl (C=O) groups is 1. The van der Waals surface area contributed by atoms with Gasteiger partial charge < -0.3 is 14.8 Å². The van der Waals surface area contributed by atoms with Crippen molar-refractivity contribution >= 4 is 12.0 Å². The van der Waals surface area contributed by atoms with Crippen LogP contribution in [-0.2, 0) is 11.3 Å². The first-order valence-electron chi connectivity index (χ1n) is 8.84. The fraction of sp³-hybridized carbons (Fsp3) is 0.333. The minimum Gasteiger partial charge on any atom is -0.490 e. The maximum absolute atomic E-state index is 12.0. The Balaban J connectivity index is 1.97. The molecule has 138 valence electrons. The van der Waals surface area contributed by atoms with Gasteiger partial charge in [0, 0.05) is 12.3 Å². The Kier molecular flexibility index (Phi) is 7.68. The molecule has 0 fully saturated rings. The van der Waals surface area contributed by atoms with Crippen molar-refractivity contribution in [2.75, 3.05) is 13.2 Å². The number of pyridine rings is 1. The molecule has 2 rings (SSSR count). The summed E-state index contributed by atoms with van der Waals surface area (Å²) >= 11 is 0. The van der Waals surface area contributed by atoms with E-state index in [2.05, 4.69) is 24.1 Å². The molecule has 1 N–H and O–H groups in total. The van der Waals surface area contributed by atoms with E-state index in [0.29, 0.717) is 31.4 Å². The van der Waals surface area contributed by atoms with Gasteiger partial charge in [0.2, 0.25) is 5.91 Å². The monoisotopic (exact) mass is 354 g/mol. The normalized spacial score (nSPS) is 10.9. The lowest BCUT2D eigenvalue weighted by Crippen LogP contribution is -2.20. The Hall–Kier alpha value is -2.82. The SMILES string of the molecule is CCOc1cc(C=CC(=O)NCc2ccccn2)ccc1OCC(C)C. The number of hydrogen-bond donors (Lipinski definition) is 1. The Labute approximate surface area is 155 Å². The summed E-state index contributed by atoms with van der Waals surface area (Å²) in [5, 5.41) is 2.81. The number of aromatic nitrogens is 1. The smallest absolute Gasteiger partial charge is 0.244 e. The number of amides is 1. The van der Waals surface area contributed by atoms with E-state index in [1.54, 1.807) is 12.3 Å². The fourth-order valence-corrected chi connectivity index (χ4v) is 2.18. The number of benzene rings is 1. The second-order valence-corrected chi connectivity index (χ2v) is 6.22. The van der Waals surface area contributed by atoms with Gasteiger partial charge in [-0.05, 0) is 48.7 Å². The molecule has 0 atom stereocenters. The number of rotatable bonds is 9. The third kappa shape index (κ3) is 6.59. The van der Waals surface area contributed by atoms with Crippen LogP contribution in [-0.4, -0.2) is 24.1 Å². The zero-order valence-corrected chi connectivity index (χ0v) is 15.6. The third-order valence-corrected chi connectivity index (χ3v) is 3.44. The van der Waals surface area contributed by atoms with Crippen molar-refractivity contribution in [2.24, 2.45) is 5.92 Å². The topological polar surface area (TPSA) is 60.5 Å². The van der Waals surface area contributed by atoms with Crippen LogP contribution in [0.25, 0.3) is 6.08 Å². The van der Waals surface area contributed by atoms with Gasteiger partial charge >= 0.3 is 0 Å². The van der Waals surface area contributed by atoms with Crippen LogP contribution >= 0.6 is 0 Å². The van der Waals surface area contributed by atoms with Crippen molar-refractivity contribution in [3.63, 3.8) is 0 Å². The van der Waals surface area contributed by atoms with Gasteiger partial charge in [-0.25, -0.2) is 0 Å². The largest absolute Gasteiger partial charge is 0.490 e. The summed E-state index contributed by atoms with van der Waals surface area (Å²) in [6.45, 7) is 7.71. The van der Waals surface area contributed by atoms with Crippen molar-refractivity contribution in [3.8, 4) is 11.5 Å². The summed E-state index contributed by atoms with van der Waals surface area (Å²) in [6.07, 6.45) is 4.96. The molecule has 0 unspecified atom stereocenters. The number of carbonyl (C=O) groups excluding carboxylic acids is 1. The number of hydrogen-bond acceptors (Lipinski definition) is 4. The first kappa shape index (κ1) is 19.5. The summed E-state index contributed by atoms with van der Waals surface area (Å²) in [6, 6.07) is 11.3. The molecule has 0 aliphatic heterocycles. The summed E-state index contributed by atoms with van der Waals surface area (Å²) < 4.78 is 11.4. The molecular formula is C21H26N2O3. The van der Waals surface area contributed by atoms with E-state index < -0.39 is 0 Å². The Morgan fingerprint density at radius 3 is 2.73 bits per heavy atom. The molecule has 0 saturated carbocycles. The summed E-state index contributed by atoms with van der Waals surface area (Å²) in [7, 11) is 0. The second-order valence-electron chi connectivity index (χ2n) is 6.22. The fourth-order valence-electron chi connectivity index (χ4n) is 2.18. The Morgan fingerprint density at radius 2 is 2.04 bits per heavy atom. The molecule has 5 heteroatoms. The van der Waals surface area contributed by atoms with Gasteiger partial charge in [0.25, 0.3) is 0 Å². The molecule has 0 aliphatic rings. The molecule has 5 nitrogen and oxygen atoms in total. The van der Waals surface area contributed by atoms with Crippen molar-refractivity contribution in [1.29, 1.82) is 0 Å². The highest BCUT2D eigenvalue weighted by Crippen LogP contribution is 2.29. The molecule has 0 spiro atoms. The second kappa shape index (κ2) is 10.2. The molecule has 0 radical (unpaired) electrons. The molecule has 1 aromatic heterocycles. The lowest BCUT2D eigenvalue weighted by molar-refractivity contribution is -0.116. The van der Waals surface area contributed by atoms with Crippen LogP contribution in [0.15, 0.2) is 48.7 Å². The molecule has 0 saturated heterocycles. The first-order chi connectivity index (χ1) is 12.6. The van der Waals surface area contributed by atoms with Gasteiger partial charge in [-0.1, -0.05) is 26.0 Å². The van der Waals surface area contributed by atoms with E-state index in [4.69, 9.17) is 9.47 Å². The van der Waals surface area contributed by atoms with Gasteiger partial charge in [0.15, 0.2) is 11.5 Å². The lowest BCUT2D eigenvalue weighted by atomic mass is 10.2. The van der Waals surface area contributed by atoms with Crippen LogP contribution in [0.1, 0.15) is 32.0 Å². The molecule has 1 aromatic carbocycles. The summed E-state index contributed by atoms with van der Waals surface area (Å²) in [5.74, 6) is 1.67. The molecular weight excluding hydrogens is 328 g/mol. The molecule has 0 bridgehead atoms. The van der Waals surface area contributed by atoms with Crippen molar-refractivity contribution in [1.82, 2.24) is 10.3 Å². The first-order valence-corrected chi connectivity index (χ1v) is 8.84. The number of nitrogens with one attached hydrogen (secondary N) is 1. The van der Waals surface area contributed by atoms with Crippen LogP contribution in [0.3, 0.4) is 0 Å². The lowest BCUT2D eigenvalue weighted by Gasteiger charge is -2.14. The van der Waals surface area contributed by atoms with Crippen LogP contribution in [0.2, 0.25) is 0 Å².